The minimum atomic E-state index is -0.223. The molecule has 1 rings (SSSR count). The summed E-state index contributed by atoms with van der Waals surface area (Å²) >= 11 is 1.11. The van der Waals surface area contributed by atoms with Crippen LogP contribution >= 0.6 is 11.3 Å². The number of aromatic amines is 1. The van der Waals surface area contributed by atoms with E-state index in [1.807, 2.05) is 0 Å². The molecule has 0 aliphatic heterocycles. The van der Waals surface area contributed by atoms with Crippen LogP contribution in [-0.2, 0) is 4.74 Å². The third kappa shape index (κ3) is 2.14. The lowest BCUT2D eigenvalue weighted by atomic mass is 10.3. The lowest BCUT2D eigenvalue weighted by Gasteiger charge is -2.05. The van der Waals surface area contributed by atoms with E-state index in [0.717, 1.165) is 17.0 Å². The largest absolute Gasteiger partial charge is 0.383 e. The predicted octanol–water partition coefficient (Wildman–Crippen LogP) is 0.0826. The number of hydrogen-bond donors (Lipinski definition) is 2. The fraction of sp³-hybridized carbons (Fsp3) is 0.500. The Balaban J connectivity index is 2.68. The maximum atomic E-state index is 10.7. The monoisotopic (exact) mass is 174 g/mol. The quantitative estimate of drug-likeness (QED) is 0.682. The molecule has 0 aromatic carbocycles. The summed E-state index contributed by atoms with van der Waals surface area (Å²) in [6.45, 7) is 0.423. The molecular formula is C6H10N2O2S. The molecule has 4 nitrogen and oxygen atoms in total. The first-order chi connectivity index (χ1) is 5.24. The SMILES string of the molecule is COCC(N)c1csc(=O)[nH]1. The molecule has 1 heterocycles. The summed E-state index contributed by atoms with van der Waals surface area (Å²) < 4.78 is 4.82. The first-order valence-electron chi connectivity index (χ1n) is 3.16. The summed E-state index contributed by atoms with van der Waals surface area (Å²) in [6, 6.07) is -0.223. The van der Waals surface area contributed by atoms with Gasteiger partial charge < -0.3 is 15.5 Å². The normalized spacial score (nSPS) is 13.3. The fourth-order valence-corrected chi connectivity index (χ4v) is 1.39. The Labute approximate surface area is 68.0 Å². The molecule has 0 saturated heterocycles. The smallest absolute Gasteiger partial charge is 0.304 e. The Morgan fingerprint density at radius 2 is 2.64 bits per heavy atom. The predicted molar refractivity (Wildman–Crippen MR) is 43.7 cm³/mol. The van der Waals surface area contributed by atoms with Crippen molar-refractivity contribution in [1.82, 2.24) is 4.98 Å². The number of thiazole rings is 1. The van der Waals surface area contributed by atoms with Crippen molar-refractivity contribution >= 4 is 11.3 Å². The zero-order valence-corrected chi connectivity index (χ0v) is 6.98. The van der Waals surface area contributed by atoms with E-state index in [4.69, 9.17) is 10.5 Å². The van der Waals surface area contributed by atoms with E-state index >= 15 is 0 Å². The highest BCUT2D eigenvalue weighted by atomic mass is 32.1. The Morgan fingerprint density at radius 3 is 3.09 bits per heavy atom. The van der Waals surface area contributed by atoms with Crippen molar-refractivity contribution in [1.29, 1.82) is 0 Å². The summed E-state index contributed by atoms with van der Waals surface area (Å²) in [5.41, 5.74) is 6.37. The number of methoxy groups -OCH3 is 1. The van der Waals surface area contributed by atoms with Crippen molar-refractivity contribution in [3.63, 3.8) is 0 Å². The molecule has 3 N–H and O–H groups in total. The number of nitrogens with two attached hydrogens (primary N) is 1. The first-order valence-corrected chi connectivity index (χ1v) is 4.04. The van der Waals surface area contributed by atoms with E-state index in [1.165, 1.54) is 0 Å². The number of aromatic nitrogens is 1. The molecule has 0 spiro atoms. The van der Waals surface area contributed by atoms with Crippen LogP contribution in [0.4, 0.5) is 0 Å². The zero-order chi connectivity index (χ0) is 8.27. The van der Waals surface area contributed by atoms with Crippen LogP contribution in [0.1, 0.15) is 11.7 Å². The molecule has 0 saturated carbocycles. The number of ether oxygens (including phenoxy) is 1. The Morgan fingerprint density at radius 1 is 1.91 bits per heavy atom. The molecule has 1 aromatic heterocycles. The van der Waals surface area contributed by atoms with Gasteiger partial charge in [0.15, 0.2) is 0 Å². The Kier molecular flexibility index (Phi) is 2.81. The summed E-state index contributed by atoms with van der Waals surface area (Å²) in [5.74, 6) is 0. The molecule has 5 heteroatoms. The van der Waals surface area contributed by atoms with Crippen molar-refractivity contribution in [2.75, 3.05) is 13.7 Å². The lowest BCUT2D eigenvalue weighted by Crippen LogP contribution is -2.17. The number of rotatable bonds is 3. The highest BCUT2D eigenvalue weighted by Crippen LogP contribution is 2.06. The van der Waals surface area contributed by atoms with E-state index in [0.29, 0.717) is 6.61 Å². The second-order valence-electron chi connectivity index (χ2n) is 2.17. The van der Waals surface area contributed by atoms with E-state index in [1.54, 1.807) is 12.5 Å². The van der Waals surface area contributed by atoms with E-state index in [2.05, 4.69) is 4.98 Å². The van der Waals surface area contributed by atoms with Crippen LogP contribution < -0.4 is 10.6 Å². The van der Waals surface area contributed by atoms with Crippen LogP contribution in [0.2, 0.25) is 0 Å². The molecular weight excluding hydrogens is 164 g/mol. The topological polar surface area (TPSA) is 68.1 Å². The molecule has 1 atom stereocenters. The first kappa shape index (κ1) is 8.45. The van der Waals surface area contributed by atoms with Gasteiger partial charge in [0.2, 0.25) is 0 Å². The molecule has 11 heavy (non-hydrogen) atoms. The van der Waals surface area contributed by atoms with Gasteiger partial charge in [-0.25, -0.2) is 0 Å². The molecule has 1 unspecified atom stereocenters. The van der Waals surface area contributed by atoms with Crippen molar-refractivity contribution in [3.8, 4) is 0 Å². The average Bonchev–Trinajstić information content (AvgIpc) is 2.36. The lowest BCUT2D eigenvalue weighted by molar-refractivity contribution is 0.180. The molecule has 0 bridgehead atoms. The minimum absolute atomic E-state index is 0.0773. The van der Waals surface area contributed by atoms with Crippen LogP contribution in [0, 0.1) is 0 Å². The standard InChI is InChI=1S/C6H10N2O2S/c1-10-2-4(7)5-3-11-6(9)8-5/h3-4H,2,7H2,1H3,(H,8,9). The molecule has 1 aromatic rings. The van der Waals surface area contributed by atoms with E-state index in [-0.39, 0.29) is 10.9 Å². The third-order valence-electron chi connectivity index (χ3n) is 1.29. The molecule has 0 fully saturated rings. The molecule has 0 aliphatic carbocycles. The average molecular weight is 174 g/mol. The van der Waals surface area contributed by atoms with Gasteiger partial charge in [0.05, 0.1) is 12.6 Å². The Hall–Kier alpha value is -0.650. The van der Waals surface area contributed by atoms with Gasteiger partial charge in [-0.2, -0.15) is 0 Å². The van der Waals surface area contributed by atoms with Gasteiger partial charge in [-0.05, 0) is 0 Å². The van der Waals surface area contributed by atoms with Crippen molar-refractivity contribution in [2.45, 2.75) is 6.04 Å². The molecule has 0 aliphatic rings. The number of nitrogens with one attached hydrogen (secondary N) is 1. The van der Waals surface area contributed by atoms with Crippen molar-refractivity contribution in [2.24, 2.45) is 5.73 Å². The van der Waals surface area contributed by atoms with Crippen LogP contribution in [0.5, 0.6) is 0 Å². The van der Waals surface area contributed by atoms with Gasteiger partial charge in [0, 0.05) is 18.2 Å². The fourth-order valence-electron chi connectivity index (χ4n) is 0.743. The summed E-state index contributed by atoms with van der Waals surface area (Å²) in [5, 5.41) is 1.71. The van der Waals surface area contributed by atoms with Gasteiger partial charge >= 0.3 is 4.87 Å². The molecule has 0 amide bonds. The summed E-state index contributed by atoms with van der Waals surface area (Å²) in [4.78, 5) is 13.2. The van der Waals surface area contributed by atoms with E-state index < -0.39 is 0 Å². The Bertz CT molecular complexity index is 268. The third-order valence-corrected chi connectivity index (χ3v) is 1.97. The van der Waals surface area contributed by atoms with Gasteiger partial charge in [0.1, 0.15) is 0 Å². The molecule has 62 valence electrons. The van der Waals surface area contributed by atoms with Crippen LogP contribution in [-0.4, -0.2) is 18.7 Å². The van der Waals surface area contributed by atoms with Crippen LogP contribution in [0.3, 0.4) is 0 Å². The van der Waals surface area contributed by atoms with Gasteiger partial charge in [-0.15, -0.1) is 0 Å². The van der Waals surface area contributed by atoms with E-state index in [9.17, 15) is 4.79 Å². The maximum absolute atomic E-state index is 10.7. The zero-order valence-electron chi connectivity index (χ0n) is 6.16. The summed E-state index contributed by atoms with van der Waals surface area (Å²) in [7, 11) is 1.57. The highest BCUT2D eigenvalue weighted by molar-refractivity contribution is 7.07. The van der Waals surface area contributed by atoms with Crippen molar-refractivity contribution < 1.29 is 4.74 Å². The highest BCUT2D eigenvalue weighted by Gasteiger charge is 2.06. The number of H-pyrrole nitrogens is 1. The van der Waals surface area contributed by atoms with Crippen molar-refractivity contribution in [3.05, 3.63) is 20.7 Å². The van der Waals surface area contributed by atoms with Gasteiger partial charge in [0.25, 0.3) is 0 Å². The molecule has 0 radical (unpaired) electrons. The van der Waals surface area contributed by atoms with Crippen LogP contribution in [0.15, 0.2) is 10.2 Å². The van der Waals surface area contributed by atoms with Gasteiger partial charge in [-0.3, -0.25) is 4.79 Å². The number of hydrogen-bond acceptors (Lipinski definition) is 4. The maximum Gasteiger partial charge on any atom is 0.304 e. The van der Waals surface area contributed by atoms with Gasteiger partial charge in [-0.1, -0.05) is 11.3 Å². The second kappa shape index (κ2) is 3.66. The minimum Gasteiger partial charge on any atom is -0.383 e. The van der Waals surface area contributed by atoms with Crippen LogP contribution in [0.25, 0.3) is 0 Å². The second-order valence-corrected chi connectivity index (χ2v) is 3.01. The summed E-state index contributed by atoms with van der Waals surface area (Å²) in [6.07, 6.45) is 0.